The average Bonchev–Trinajstić information content (AvgIpc) is 2.55. The molecule has 94 valence electrons. The van der Waals surface area contributed by atoms with Gasteiger partial charge >= 0.3 is 0 Å². The SMILES string of the molecule is CC1(C)CC(O)(C2(CO)CCCOC2)CO1. The zero-order valence-electron chi connectivity index (χ0n) is 10.2. The molecule has 0 aromatic carbocycles. The van der Waals surface area contributed by atoms with E-state index in [-0.39, 0.29) is 12.2 Å². The van der Waals surface area contributed by atoms with E-state index >= 15 is 0 Å². The van der Waals surface area contributed by atoms with Crippen LogP contribution in [-0.2, 0) is 9.47 Å². The fourth-order valence-corrected chi connectivity index (χ4v) is 2.95. The molecule has 0 aliphatic carbocycles. The highest BCUT2D eigenvalue weighted by molar-refractivity contribution is 5.06. The van der Waals surface area contributed by atoms with Gasteiger partial charge in [-0.25, -0.2) is 0 Å². The molecule has 2 rings (SSSR count). The highest BCUT2D eigenvalue weighted by Gasteiger charge is 2.57. The van der Waals surface area contributed by atoms with Crippen LogP contribution in [0.5, 0.6) is 0 Å². The number of hydrogen-bond acceptors (Lipinski definition) is 4. The van der Waals surface area contributed by atoms with E-state index in [2.05, 4.69) is 0 Å². The van der Waals surface area contributed by atoms with Crippen molar-refractivity contribution in [2.24, 2.45) is 5.41 Å². The lowest BCUT2D eigenvalue weighted by molar-refractivity contribution is -0.166. The zero-order chi connectivity index (χ0) is 11.9. The normalized spacial score (nSPS) is 43.5. The minimum Gasteiger partial charge on any atom is -0.396 e. The van der Waals surface area contributed by atoms with Crippen LogP contribution in [0.15, 0.2) is 0 Å². The Bertz CT molecular complexity index is 258. The third-order valence-corrected chi connectivity index (χ3v) is 4.03. The van der Waals surface area contributed by atoms with E-state index in [1.54, 1.807) is 0 Å². The van der Waals surface area contributed by atoms with Crippen LogP contribution in [0.3, 0.4) is 0 Å². The van der Waals surface area contributed by atoms with Gasteiger partial charge in [0.25, 0.3) is 0 Å². The molecule has 2 aliphatic rings. The summed E-state index contributed by atoms with van der Waals surface area (Å²) in [7, 11) is 0. The molecule has 2 heterocycles. The summed E-state index contributed by atoms with van der Waals surface area (Å²) in [5, 5.41) is 20.4. The Morgan fingerprint density at radius 1 is 1.25 bits per heavy atom. The molecule has 0 bridgehead atoms. The van der Waals surface area contributed by atoms with E-state index in [1.807, 2.05) is 13.8 Å². The van der Waals surface area contributed by atoms with Gasteiger partial charge in [0.05, 0.1) is 25.4 Å². The maximum absolute atomic E-state index is 10.7. The Kier molecular flexibility index (Phi) is 3.03. The first-order chi connectivity index (χ1) is 7.43. The van der Waals surface area contributed by atoms with Crippen molar-refractivity contribution >= 4 is 0 Å². The Labute approximate surface area is 96.6 Å². The van der Waals surface area contributed by atoms with Crippen molar-refractivity contribution in [3.8, 4) is 0 Å². The largest absolute Gasteiger partial charge is 0.396 e. The second kappa shape index (κ2) is 3.95. The monoisotopic (exact) mass is 230 g/mol. The third-order valence-electron chi connectivity index (χ3n) is 4.03. The summed E-state index contributed by atoms with van der Waals surface area (Å²) < 4.78 is 11.1. The molecular weight excluding hydrogens is 208 g/mol. The molecule has 0 spiro atoms. The van der Waals surface area contributed by atoms with Gasteiger partial charge < -0.3 is 19.7 Å². The molecule has 0 aromatic rings. The quantitative estimate of drug-likeness (QED) is 0.733. The summed E-state index contributed by atoms with van der Waals surface area (Å²) in [6.45, 7) is 5.35. The van der Waals surface area contributed by atoms with Crippen LogP contribution in [0, 0.1) is 5.41 Å². The van der Waals surface area contributed by atoms with Crippen molar-refractivity contribution in [2.75, 3.05) is 26.4 Å². The van der Waals surface area contributed by atoms with E-state index in [9.17, 15) is 10.2 Å². The van der Waals surface area contributed by atoms with Crippen LogP contribution in [0.2, 0.25) is 0 Å². The second-order valence-electron chi connectivity index (χ2n) is 5.85. The van der Waals surface area contributed by atoms with Gasteiger partial charge in [-0.15, -0.1) is 0 Å². The van der Waals surface area contributed by atoms with Crippen molar-refractivity contribution in [2.45, 2.75) is 44.3 Å². The van der Waals surface area contributed by atoms with Crippen LogP contribution < -0.4 is 0 Å². The summed E-state index contributed by atoms with van der Waals surface area (Å²) in [5.41, 5.74) is -1.81. The van der Waals surface area contributed by atoms with Crippen molar-refractivity contribution in [1.29, 1.82) is 0 Å². The Hall–Kier alpha value is -0.160. The molecule has 4 nitrogen and oxygen atoms in total. The van der Waals surface area contributed by atoms with Gasteiger partial charge in [-0.1, -0.05) is 0 Å². The summed E-state index contributed by atoms with van der Waals surface area (Å²) >= 11 is 0. The fraction of sp³-hybridized carbons (Fsp3) is 1.00. The lowest BCUT2D eigenvalue weighted by Crippen LogP contribution is -2.56. The first-order valence-electron chi connectivity index (χ1n) is 5.98. The number of aliphatic hydroxyl groups excluding tert-OH is 1. The van der Waals surface area contributed by atoms with Gasteiger partial charge in [0.15, 0.2) is 0 Å². The predicted molar refractivity (Wildman–Crippen MR) is 59.2 cm³/mol. The van der Waals surface area contributed by atoms with Gasteiger partial charge in [0.1, 0.15) is 5.60 Å². The minimum atomic E-state index is -0.953. The van der Waals surface area contributed by atoms with Crippen LogP contribution in [-0.4, -0.2) is 47.8 Å². The van der Waals surface area contributed by atoms with Crippen LogP contribution >= 0.6 is 0 Å². The van der Waals surface area contributed by atoms with Crippen molar-refractivity contribution < 1.29 is 19.7 Å². The zero-order valence-corrected chi connectivity index (χ0v) is 10.2. The summed E-state index contributed by atoms with van der Waals surface area (Å²) in [4.78, 5) is 0. The molecule has 0 radical (unpaired) electrons. The topological polar surface area (TPSA) is 58.9 Å². The molecule has 2 saturated heterocycles. The van der Waals surface area contributed by atoms with Gasteiger partial charge in [-0.2, -0.15) is 0 Å². The Balaban J connectivity index is 2.20. The highest BCUT2D eigenvalue weighted by atomic mass is 16.5. The number of ether oxygens (including phenoxy) is 2. The number of aliphatic hydroxyl groups is 2. The standard InChI is InChI=1S/C12H22O4/c1-10(2)6-12(14,9-16-10)11(7-13)4-3-5-15-8-11/h13-14H,3-9H2,1-2H3. The maximum atomic E-state index is 10.7. The Morgan fingerprint density at radius 2 is 2.00 bits per heavy atom. The van der Waals surface area contributed by atoms with E-state index in [0.717, 1.165) is 19.4 Å². The van der Waals surface area contributed by atoms with Gasteiger partial charge in [0.2, 0.25) is 0 Å². The van der Waals surface area contributed by atoms with Gasteiger partial charge in [-0.05, 0) is 26.7 Å². The molecule has 2 aliphatic heterocycles. The van der Waals surface area contributed by atoms with Gasteiger partial charge in [-0.3, -0.25) is 0 Å². The highest BCUT2D eigenvalue weighted by Crippen LogP contribution is 2.47. The molecule has 2 unspecified atom stereocenters. The summed E-state index contributed by atoms with van der Waals surface area (Å²) in [6.07, 6.45) is 2.26. The number of rotatable bonds is 2. The molecule has 0 amide bonds. The molecule has 0 aromatic heterocycles. The van der Waals surface area contributed by atoms with Crippen molar-refractivity contribution in [3.63, 3.8) is 0 Å². The fourth-order valence-electron chi connectivity index (χ4n) is 2.95. The predicted octanol–water partition coefficient (Wildman–Crippen LogP) is 0.705. The van der Waals surface area contributed by atoms with E-state index in [4.69, 9.17) is 9.47 Å². The molecule has 0 saturated carbocycles. The maximum Gasteiger partial charge on any atom is 0.101 e. The lowest BCUT2D eigenvalue weighted by Gasteiger charge is -2.45. The minimum absolute atomic E-state index is 0.0388. The van der Waals surface area contributed by atoms with E-state index < -0.39 is 11.0 Å². The van der Waals surface area contributed by atoms with Crippen LogP contribution in [0.1, 0.15) is 33.1 Å². The van der Waals surface area contributed by atoms with E-state index in [0.29, 0.717) is 19.6 Å². The first kappa shape index (κ1) is 12.3. The molecule has 2 fully saturated rings. The average molecular weight is 230 g/mol. The molecule has 16 heavy (non-hydrogen) atoms. The number of hydrogen-bond donors (Lipinski definition) is 2. The van der Waals surface area contributed by atoms with Crippen LogP contribution in [0.4, 0.5) is 0 Å². The van der Waals surface area contributed by atoms with Gasteiger partial charge in [0, 0.05) is 18.4 Å². The molecule has 2 N–H and O–H groups in total. The van der Waals surface area contributed by atoms with Crippen molar-refractivity contribution in [3.05, 3.63) is 0 Å². The van der Waals surface area contributed by atoms with E-state index in [1.165, 1.54) is 0 Å². The summed E-state index contributed by atoms with van der Waals surface area (Å²) in [6, 6.07) is 0. The van der Waals surface area contributed by atoms with Crippen molar-refractivity contribution in [1.82, 2.24) is 0 Å². The first-order valence-corrected chi connectivity index (χ1v) is 5.98. The lowest BCUT2D eigenvalue weighted by atomic mass is 9.67. The molecular formula is C12H22O4. The Morgan fingerprint density at radius 3 is 2.44 bits per heavy atom. The molecule has 2 atom stereocenters. The second-order valence-corrected chi connectivity index (χ2v) is 5.85. The summed E-state index contributed by atoms with van der Waals surface area (Å²) in [5.74, 6) is 0. The third kappa shape index (κ3) is 1.88. The molecule has 4 heteroatoms. The smallest absolute Gasteiger partial charge is 0.101 e. The van der Waals surface area contributed by atoms with Crippen LogP contribution in [0.25, 0.3) is 0 Å².